The Labute approximate surface area is 177 Å². The third-order valence-corrected chi connectivity index (χ3v) is 4.77. The minimum atomic E-state index is -0.898. The van der Waals surface area contributed by atoms with Crippen LogP contribution in [-0.2, 0) is 41.4 Å². The molecule has 1 aromatic rings. The van der Waals surface area contributed by atoms with E-state index in [0.717, 1.165) is 25.7 Å². The number of esters is 2. The number of hydrogen-bond donors (Lipinski definition) is 0. The van der Waals surface area contributed by atoms with E-state index in [9.17, 15) is 9.59 Å². The van der Waals surface area contributed by atoms with Crippen molar-refractivity contribution in [3.8, 4) is 0 Å². The van der Waals surface area contributed by atoms with Crippen molar-refractivity contribution in [1.82, 2.24) is 0 Å². The number of cyclic esters (lactones) is 2. The Morgan fingerprint density at radius 3 is 1.50 bits per heavy atom. The molecule has 2 heterocycles. The molecule has 0 aliphatic carbocycles. The summed E-state index contributed by atoms with van der Waals surface area (Å²) >= 11 is 0. The lowest BCUT2D eigenvalue weighted by Crippen LogP contribution is -2.34. The summed E-state index contributed by atoms with van der Waals surface area (Å²) in [5.74, 6) is -1.15. The first kappa shape index (κ1) is 21.9. The zero-order valence-corrected chi connectivity index (χ0v) is 18.2. The normalized spacial score (nSPS) is 19.6. The van der Waals surface area contributed by atoms with Gasteiger partial charge in [-0.2, -0.15) is 0 Å². The SMILES string of the molecule is CC1(C)OC(=O)C=C(CCCc2cccc(CCCC3=CC(=O)OC(C)(C)O3)c2)O1. The zero-order chi connectivity index (χ0) is 21.8. The standard InChI is InChI=1S/C24H30O6/c1-23(2)27-19(15-21(25)29-23)12-6-10-17-8-5-9-18(14-17)11-7-13-20-16-22(26)30-24(3,4)28-20/h5,8-9,14-16H,6-7,10-13H2,1-4H3. The fraction of sp³-hybridized carbons (Fsp3) is 0.500. The summed E-state index contributed by atoms with van der Waals surface area (Å²) in [7, 11) is 0. The molecular weight excluding hydrogens is 384 g/mol. The molecule has 2 aliphatic rings. The van der Waals surface area contributed by atoms with E-state index in [1.165, 1.54) is 23.3 Å². The van der Waals surface area contributed by atoms with Gasteiger partial charge in [-0.1, -0.05) is 24.3 Å². The molecule has 1 aromatic carbocycles. The van der Waals surface area contributed by atoms with Gasteiger partial charge in [0, 0.05) is 40.5 Å². The van der Waals surface area contributed by atoms with E-state index in [0.29, 0.717) is 24.4 Å². The van der Waals surface area contributed by atoms with Gasteiger partial charge in [0.2, 0.25) is 11.6 Å². The number of ether oxygens (including phenoxy) is 4. The lowest BCUT2D eigenvalue weighted by Gasteiger charge is -2.30. The molecule has 0 bridgehead atoms. The van der Waals surface area contributed by atoms with E-state index in [-0.39, 0.29) is 11.9 Å². The zero-order valence-electron chi connectivity index (χ0n) is 18.2. The van der Waals surface area contributed by atoms with Crippen molar-refractivity contribution in [2.45, 2.75) is 77.8 Å². The van der Waals surface area contributed by atoms with Gasteiger partial charge in [-0.15, -0.1) is 0 Å². The third kappa shape index (κ3) is 6.65. The molecule has 6 heteroatoms. The van der Waals surface area contributed by atoms with Gasteiger partial charge in [0.25, 0.3) is 0 Å². The van der Waals surface area contributed by atoms with Gasteiger partial charge >= 0.3 is 11.9 Å². The average molecular weight is 414 g/mol. The predicted octanol–water partition coefficient (Wildman–Crippen LogP) is 4.72. The number of carbonyl (C=O) groups excluding carboxylic acids is 2. The maximum absolute atomic E-state index is 11.6. The molecule has 0 saturated heterocycles. The second-order valence-corrected chi connectivity index (χ2v) is 8.59. The van der Waals surface area contributed by atoms with Crippen LogP contribution < -0.4 is 0 Å². The average Bonchev–Trinajstić information content (AvgIpc) is 2.58. The van der Waals surface area contributed by atoms with Crippen molar-refractivity contribution in [2.75, 3.05) is 0 Å². The fourth-order valence-corrected chi connectivity index (χ4v) is 3.66. The van der Waals surface area contributed by atoms with Crippen molar-refractivity contribution >= 4 is 11.9 Å². The molecule has 6 nitrogen and oxygen atoms in total. The van der Waals surface area contributed by atoms with Crippen molar-refractivity contribution in [1.29, 1.82) is 0 Å². The number of aryl methyl sites for hydroxylation is 2. The predicted molar refractivity (Wildman–Crippen MR) is 111 cm³/mol. The summed E-state index contributed by atoms with van der Waals surface area (Å²) in [5, 5.41) is 0. The number of carbonyl (C=O) groups is 2. The highest BCUT2D eigenvalue weighted by molar-refractivity contribution is 5.83. The number of rotatable bonds is 8. The molecule has 0 radical (unpaired) electrons. The van der Waals surface area contributed by atoms with Gasteiger partial charge in [-0.05, 0) is 36.8 Å². The minimum absolute atomic E-state index is 0.350. The Balaban J connectivity index is 1.46. The molecule has 0 fully saturated rings. The lowest BCUT2D eigenvalue weighted by molar-refractivity contribution is -0.207. The Morgan fingerprint density at radius 1 is 0.667 bits per heavy atom. The second kappa shape index (κ2) is 8.94. The first-order chi connectivity index (χ1) is 14.1. The summed E-state index contributed by atoms with van der Waals surface area (Å²) in [6, 6.07) is 8.51. The Morgan fingerprint density at radius 2 is 1.10 bits per heavy atom. The molecule has 0 aromatic heterocycles. The summed E-state index contributed by atoms with van der Waals surface area (Å²) in [5.41, 5.74) is 2.51. The quantitative estimate of drug-likeness (QED) is 0.573. The second-order valence-electron chi connectivity index (χ2n) is 8.59. The molecule has 0 saturated carbocycles. The van der Waals surface area contributed by atoms with Crippen LogP contribution in [0.25, 0.3) is 0 Å². The van der Waals surface area contributed by atoms with Gasteiger partial charge < -0.3 is 18.9 Å². The number of allylic oxidation sites excluding steroid dienone is 2. The van der Waals surface area contributed by atoms with Crippen LogP contribution in [0.5, 0.6) is 0 Å². The lowest BCUT2D eigenvalue weighted by atomic mass is 10.0. The Kier molecular flexibility index (Phi) is 6.54. The summed E-state index contributed by atoms with van der Waals surface area (Å²) in [4.78, 5) is 23.2. The van der Waals surface area contributed by atoms with Gasteiger partial charge in [0.1, 0.15) is 11.5 Å². The van der Waals surface area contributed by atoms with Gasteiger partial charge in [0.15, 0.2) is 0 Å². The molecule has 0 N–H and O–H groups in total. The van der Waals surface area contributed by atoms with Gasteiger partial charge in [0.05, 0.1) is 12.2 Å². The van der Waals surface area contributed by atoms with Crippen LogP contribution in [0.1, 0.15) is 64.5 Å². The van der Waals surface area contributed by atoms with Crippen molar-refractivity contribution < 1.29 is 28.5 Å². The Hall–Kier alpha value is -2.76. The van der Waals surface area contributed by atoms with E-state index in [1.807, 2.05) is 0 Å². The summed E-state index contributed by atoms with van der Waals surface area (Å²) in [6.07, 6.45) is 7.82. The molecule has 0 spiro atoms. The number of benzene rings is 1. The van der Waals surface area contributed by atoms with Crippen LogP contribution in [0.3, 0.4) is 0 Å². The van der Waals surface area contributed by atoms with Crippen LogP contribution in [0.2, 0.25) is 0 Å². The van der Waals surface area contributed by atoms with E-state index < -0.39 is 11.6 Å². The molecule has 0 atom stereocenters. The van der Waals surface area contributed by atoms with E-state index in [1.54, 1.807) is 27.7 Å². The molecule has 2 aliphatic heterocycles. The highest BCUT2D eigenvalue weighted by Crippen LogP contribution is 2.26. The highest BCUT2D eigenvalue weighted by Gasteiger charge is 2.30. The molecule has 0 unspecified atom stereocenters. The maximum Gasteiger partial charge on any atom is 0.337 e. The molecular formula is C24H30O6. The van der Waals surface area contributed by atoms with Gasteiger partial charge in [-0.3, -0.25) is 0 Å². The van der Waals surface area contributed by atoms with Crippen LogP contribution >= 0.6 is 0 Å². The monoisotopic (exact) mass is 414 g/mol. The van der Waals surface area contributed by atoms with Crippen molar-refractivity contribution in [2.24, 2.45) is 0 Å². The van der Waals surface area contributed by atoms with E-state index >= 15 is 0 Å². The fourth-order valence-electron chi connectivity index (χ4n) is 3.66. The number of hydrogen-bond acceptors (Lipinski definition) is 6. The minimum Gasteiger partial charge on any atom is -0.457 e. The Bertz CT molecular complexity index is 795. The van der Waals surface area contributed by atoms with Gasteiger partial charge in [-0.25, -0.2) is 9.59 Å². The third-order valence-electron chi connectivity index (χ3n) is 4.77. The van der Waals surface area contributed by atoms with E-state index in [4.69, 9.17) is 18.9 Å². The molecule has 0 amide bonds. The molecule has 162 valence electrons. The van der Waals surface area contributed by atoms with E-state index in [2.05, 4.69) is 24.3 Å². The van der Waals surface area contributed by atoms with Crippen LogP contribution in [-0.4, -0.2) is 23.5 Å². The smallest absolute Gasteiger partial charge is 0.337 e. The first-order valence-corrected chi connectivity index (χ1v) is 10.4. The van der Waals surface area contributed by atoms with Crippen molar-refractivity contribution in [3.05, 3.63) is 59.1 Å². The largest absolute Gasteiger partial charge is 0.457 e. The van der Waals surface area contributed by atoms with Crippen LogP contribution in [0, 0.1) is 0 Å². The van der Waals surface area contributed by atoms with Crippen LogP contribution in [0.4, 0.5) is 0 Å². The summed E-state index contributed by atoms with van der Waals surface area (Å²) < 4.78 is 21.6. The maximum atomic E-state index is 11.6. The molecule has 3 rings (SSSR count). The molecule has 30 heavy (non-hydrogen) atoms. The topological polar surface area (TPSA) is 71.1 Å². The first-order valence-electron chi connectivity index (χ1n) is 10.4. The highest BCUT2D eigenvalue weighted by atomic mass is 16.7. The summed E-state index contributed by atoms with van der Waals surface area (Å²) in [6.45, 7) is 6.94. The van der Waals surface area contributed by atoms with Crippen molar-refractivity contribution in [3.63, 3.8) is 0 Å². The van der Waals surface area contributed by atoms with Crippen LogP contribution in [0.15, 0.2) is 47.9 Å².